The number of aryl methyl sites for hydroxylation is 1. The van der Waals surface area contributed by atoms with Crippen molar-refractivity contribution in [3.05, 3.63) is 70.5 Å². The van der Waals surface area contributed by atoms with E-state index in [-0.39, 0.29) is 0 Å². The molecule has 0 atom stereocenters. The van der Waals surface area contributed by atoms with Crippen molar-refractivity contribution in [3.63, 3.8) is 0 Å². The predicted molar refractivity (Wildman–Crippen MR) is 101 cm³/mol. The zero-order chi connectivity index (χ0) is 17.1. The summed E-state index contributed by atoms with van der Waals surface area (Å²) in [5.74, 6) is 2.13. The van der Waals surface area contributed by atoms with Crippen LogP contribution in [0.5, 0.6) is 0 Å². The van der Waals surface area contributed by atoms with Gasteiger partial charge in [0, 0.05) is 16.7 Å². The molecule has 0 N–H and O–H groups in total. The second-order valence-electron chi connectivity index (χ2n) is 6.03. The summed E-state index contributed by atoms with van der Waals surface area (Å²) in [4.78, 5) is 0. The van der Waals surface area contributed by atoms with Crippen LogP contribution in [0.2, 0.25) is 5.02 Å². The van der Waals surface area contributed by atoms with Gasteiger partial charge in [-0.2, -0.15) is 0 Å². The fourth-order valence-corrected chi connectivity index (χ4v) is 3.55. The Bertz CT molecular complexity index is 825. The van der Waals surface area contributed by atoms with Crippen LogP contribution < -0.4 is 0 Å². The first-order chi connectivity index (χ1) is 11.6. The molecule has 24 heavy (non-hydrogen) atoms. The SMILES string of the molecule is Cc1ccccc1-n1c(SCc2ccc(Cl)cc2)nnc1C(C)C. The van der Waals surface area contributed by atoms with E-state index in [0.717, 1.165) is 27.4 Å². The van der Waals surface area contributed by atoms with Crippen LogP contribution >= 0.6 is 23.4 Å². The van der Waals surface area contributed by atoms with E-state index in [9.17, 15) is 0 Å². The van der Waals surface area contributed by atoms with Crippen molar-refractivity contribution in [2.75, 3.05) is 0 Å². The number of aromatic nitrogens is 3. The maximum atomic E-state index is 5.96. The molecule has 3 rings (SSSR count). The highest BCUT2D eigenvalue weighted by Gasteiger charge is 2.18. The Kier molecular flexibility index (Phi) is 5.27. The number of hydrogen-bond donors (Lipinski definition) is 0. The Morgan fingerprint density at radius 1 is 1.04 bits per heavy atom. The zero-order valence-corrected chi connectivity index (χ0v) is 15.6. The normalized spacial score (nSPS) is 11.2. The minimum absolute atomic E-state index is 0.307. The Morgan fingerprint density at radius 2 is 1.75 bits per heavy atom. The van der Waals surface area contributed by atoms with Gasteiger partial charge in [0.25, 0.3) is 0 Å². The molecule has 0 aliphatic rings. The van der Waals surface area contributed by atoms with Crippen molar-refractivity contribution in [2.45, 2.75) is 37.6 Å². The van der Waals surface area contributed by atoms with E-state index in [1.165, 1.54) is 11.1 Å². The summed E-state index contributed by atoms with van der Waals surface area (Å²) in [7, 11) is 0. The lowest BCUT2D eigenvalue weighted by atomic mass is 10.1. The molecule has 5 heteroatoms. The number of nitrogens with zero attached hydrogens (tertiary/aromatic N) is 3. The van der Waals surface area contributed by atoms with Crippen LogP contribution in [-0.4, -0.2) is 14.8 Å². The Labute approximate surface area is 152 Å². The van der Waals surface area contributed by atoms with Gasteiger partial charge in [-0.3, -0.25) is 4.57 Å². The van der Waals surface area contributed by atoms with Crippen molar-refractivity contribution in [3.8, 4) is 5.69 Å². The maximum absolute atomic E-state index is 5.96. The van der Waals surface area contributed by atoms with Crippen LogP contribution in [-0.2, 0) is 5.75 Å². The summed E-state index contributed by atoms with van der Waals surface area (Å²) in [6.07, 6.45) is 0. The summed E-state index contributed by atoms with van der Waals surface area (Å²) >= 11 is 7.65. The number of benzene rings is 2. The highest BCUT2D eigenvalue weighted by Crippen LogP contribution is 2.29. The molecule has 3 nitrogen and oxygen atoms in total. The minimum atomic E-state index is 0.307. The Morgan fingerprint density at radius 3 is 2.42 bits per heavy atom. The van der Waals surface area contributed by atoms with Crippen molar-refractivity contribution in [2.24, 2.45) is 0 Å². The smallest absolute Gasteiger partial charge is 0.196 e. The molecule has 3 aromatic rings. The first-order valence-corrected chi connectivity index (χ1v) is 9.31. The molecule has 2 aromatic carbocycles. The van der Waals surface area contributed by atoms with Crippen molar-refractivity contribution < 1.29 is 0 Å². The average Bonchev–Trinajstić information content (AvgIpc) is 2.99. The first-order valence-electron chi connectivity index (χ1n) is 7.95. The van der Waals surface area contributed by atoms with Gasteiger partial charge in [-0.1, -0.05) is 67.5 Å². The third kappa shape index (κ3) is 3.65. The van der Waals surface area contributed by atoms with Gasteiger partial charge in [-0.05, 0) is 36.2 Å². The number of halogens is 1. The van der Waals surface area contributed by atoms with Crippen LogP contribution in [0.3, 0.4) is 0 Å². The number of hydrogen-bond acceptors (Lipinski definition) is 3. The number of thioether (sulfide) groups is 1. The van der Waals surface area contributed by atoms with Gasteiger partial charge < -0.3 is 0 Å². The van der Waals surface area contributed by atoms with E-state index in [1.807, 2.05) is 24.3 Å². The van der Waals surface area contributed by atoms with Crippen molar-refractivity contribution >= 4 is 23.4 Å². The van der Waals surface area contributed by atoms with Gasteiger partial charge >= 0.3 is 0 Å². The molecular formula is C19H20ClN3S. The van der Waals surface area contributed by atoms with E-state index in [0.29, 0.717) is 5.92 Å². The van der Waals surface area contributed by atoms with E-state index in [1.54, 1.807) is 11.8 Å². The monoisotopic (exact) mass is 357 g/mol. The largest absolute Gasteiger partial charge is 0.274 e. The molecule has 0 aliphatic heterocycles. The molecule has 0 bridgehead atoms. The number of rotatable bonds is 5. The van der Waals surface area contributed by atoms with E-state index in [2.05, 4.69) is 59.8 Å². The lowest BCUT2D eigenvalue weighted by Crippen LogP contribution is -2.06. The Hall–Kier alpha value is -1.78. The molecule has 0 fully saturated rings. The second kappa shape index (κ2) is 7.41. The van der Waals surface area contributed by atoms with Crippen LogP contribution in [0.1, 0.15) is 36.7 Å². The summed E-state index contributed by atoms with van der Waals surface area (Å²) in [5, 5.41) is 10.5. The summed E-state index contributed by atoms with van der Waals surface area (Å²) in [5.41, 5.74) is 3.58. The van der Waals surface area contributed by atoms with Crippen LogP contribution in [0.15, 0.2) is 53.7 Å². The maximum Gasteiger partial charge on any atom is 0.196 e. The van der Waals surface area contributed by atoms with Gasteiger partial charge in [0.05, 0.1) is 5.69 Å². The lowest BCUT2D eigenvalue weighted by molar-refractivity contribution is 0.730. The lowest BCUT2D eigenvalue weighted by Gasteiger charge is -2.14. The average molecular weight is 358 g/mol. The second-order valence-corrected chi connectivity index (χ2v) is 7.41. The molecule has 0 amide bonds. The molecule has 1 aromatic heterocycles. The first kappa shape index (κ1) is 17.1. The molecule has 1 heterocycles. The third-order valence-electron chi connectivity index (χ3n) is 3.81. The molecule has 0 radical (unpaired) electrons. The Balaban J connectivity index is 1.93. The van der Waals surface area contributed by atoms with Gasteiger partial charge in [-0.15, -0.1) is 10.2 Å². The van der Waals surface area contributed by atoms with Gasteiger partial charge in [0.2, 0.25) is 0 Å². The molecule has 0 saturated heterocycles. The quantitative estimate of drug-likeness (QED) is 0.553. The topological polar surface area (TPSA) is 30.7 Å². The molecule has 0 spiro atoms. The molecule has 0 unspecified atom stereocenters. The van der Waals surface area contributed by atoms with Crippen LogP contribution in [0.4, 0.5) is 0 Å². The fraction of sp³-hybridized carbons (Fsp3) is 0.263. The standard InChI is InChI=1S/C19H20ClN3S/c1-13(2)18-21-22-19(23(18)17-7-5-4-6-14(17)3)24-12-15-8-10-16(20)11-9-15/h4-11,13H,12H2,1-3H3. The number of para-hydroxylation sites is 1. The molecular weight excluding hydrogens is 338 g/mol. The molecule has 124 valence electrons. The summed E-state index contributed by atoms with van der Waals surface area (Å²) in [6.45, 7) is 6.41. The van der Waals surface area contributed by atoms with E-state index < -0.39 is 0 Å². The van der Waals surface area contributed by atoms with E-state index >= 15 is 0 Å². The third-order valence-corrected chi connectivity index (χ3v) is 5.06. The molecule has 0 aliphatic carbocycles. The van der Waals surface area contributed by atoms with Crippen molar-refractivity contribution in [1.29, 1.82) is 0 Å². The fourth-order valence-electron chi connectivity index (χ4n) is 2.52. The van der Waals surface area contributed by atoms with E-state index in [4.69, 9.17) is 11.6 Å². The zero-order valence-electron chi connectivity index (χ0n) is 14.0. The van der Waals surface area contributed by atoms with Crippen LogP contribution in [0, 0.1) is 6.92 Å². The minimum Gasteiger partial charge on any atom is -0.274 e. The predicted octanol–water partition coefficient (Wildman–Crippen LogP) is 5.64. The van der Waals surface area contributed by atoms with Gasteiger partial charge in [0.15, 0.2) is 5.16 Å². The summed E-state index contributed by atoms with van der Waals surface area (Å²) in [6, 6.07) is 16.3. The highest BCUT2D eigenvalue weighted by atomic mass is 35.5. The van der Waals surface area contributed by atoms with Crippen LogP contribution in [0.25, 0.3) is 5.69 Å². The van der Waals surface area contributed by atoms with Crippen molar-refractivity contribution in [1.82, 2.24) is 14.8 Å². The molecule has 0 saturated carbocycles. The van der Waals surface area contributed by atoms with Gasteiger partial charge in [-0.25, -0.2) is 0 Å². The van der Waals surface area contributed by atoms with Gasteiger partial charge in [0.1, 0.15) is 5.82 Å². The summed E-state index contributed by atoms with van der Waals surface area (Å²) < 4.78 is 2.18. The highest BCUT2D eigenvalue weighted by molar-refractivity contribution is 7.98.